The molecule has 42 heavy (non-hydrogen) atoms. The number of nitrogens with one attached hydrogen (secondary N) is 1. The van der Waals surface area contributed by atoms with Gasteiger partial charge in [-0.2, -0.15) is 0 Å². The van der Waals surface area contributed by atoms with Gasteiger partial charge in [-0.3, -0.25) is 13.9 Å². The van der Waals surface area contributed by atoms with Crippen LogP contribution >= 0.6 is 11.6 Å². The van der Waals surface area contributed by atoms with E-state index in [1.165, 1.54) is 24.1 Å². The monoisotopic (exact) mass is 611 g/mol. The van der Waals surface area contributed by atoms with Crippen LogP contribution in [-0.2, 0) is 26.2 Å². The Kier molecular flexibility index (Phi) is 10.9. The van der Waals surface area contributed by atoms with Crippen molar-refractivity contribution in [1.82, 2.24) is 10.2 Å². The van der Waals surface area contributed by atoms with Crippen molar-refractivity contribution in [2.75, 3.05) is 18.0 Å². The second-order valence-corrected chi connectivity index (χ2v) is 12.7. The molecule has 0 aliphatic heterocycles. The predicted octanol–water partition coefficient (Wildman–Crippen LogP) is 5.80. The second kappa shape index (κ2) is 14.6. The number of anilines is 1. The molecule has 0 radical (unpaired) electrons. The number of methoxy groups -OCH3 is 1. The Morgan fingerprint density at radius 2 is 1.60 bits per heavy atom. The largest absolute Gasteiger partial charge is 0.497 e. The summed E-state index contributed by atoms with van der Waals surface area (Å²) in [5.41, 5.74) is 1.12. The van der Waals surface area contributed by atoms with Crippen molar-refractivity contribution >= 4 is 39.1 Å². The molecule has 224 valence electrons. The summed E-state index contributed by atoms with van der Waals surface area (Å²) < 4.78 is 34.2. The number of hydrogen-bond donors (Lipinski definition) is 1. The molecule has 0 bridgehead atoms. The highest BCUT2D eigenvalue weighted by Crippen LogP contribution is 2.27. The Labute approximate surface area is 253 Å². The van der Waals surface area contributed by atoms with Gasteiger partial charge in [-0.1, -0.05) is 68.1 Å². The fourth-order valence-corrected chi connectivity index (χ4v) is 6.80. The average molecular weight is 612 g/mol. The van der Waals surface area contributed by atoms with Gasteiger partial charge in [-0.05, 0) is 73.4 Å². The maximum Gasteiger partial charge on any atom is 0.264 e. The summed E-state index contributed by atoms with van der Waals surface area (Å²) in [6, 6.07) is 21.0. The lowest BCUT2D eigenvalue weighted by Gasteiger charge is -2.34. The van der Waals surface area contributed by atoms with Crippen molar-refractivity contribution in [3.63, 3.8) is 0 Å². The first-order valence-corrected chi connectivity index (χ1v) is 16.1. The number of sulfonamides is 1. The highest BCUT2D eigenvalue weighted by atomic mass is 35.5. The summed E-state index contributed by atoms with van der Waals surface area (Å²) in [7, 11) is -2.68. The molecule has 1 aliphatic rings. The Morgan fingerprint density at radius 1 is 0.952 bits per heavy atom. The molecule has 10 heteroatoms. The molecule has 1 atom stereocenters. The van der Waals surface area contributed by atoms with Crippen molar-refractivity contribution in [2.24, 2.45) is 0 Å². The number of nitrogens with zero attached hydrogens (tertiary/aromatic N) is 2. The minimum Gasteiger partial charge on any atom is -0.497 e. The van der Waals surface area contributed by atoms with Crippen molar-refractivity contribution < 1.29 is 22.7 Å². The van der Waals surface area contributed by atoms with Crippen molar-refractivity contribution in [1.29, 1.82) is 0 Å². The molecule has 0 spiro atoms. The zero-order valence-electron chi connectivity index (χ0n) is 24.0. The number of hydrogen-bond acceptors (Lipinski definition) is 5. The number of amides is 2. The number of carbonyl (C=O) groups is 2. The lowest BCUT2D eigenvalue weighted by Crippen LogP contribution is -2.54. The van der Waals surface area contributed by atoms with Gasteiger partial charge in [0.05, 0.1) is 17.7 Å². The molecule has 3 aromatic rings. The van der Waals surface area contributed by atoms with Crippen molar-refractivity contribution in [2.45, 2.75) is 69.0 Å². The van der Waals surface area contributed by atoms with E-state index >= 15 is 0 Å². The topological polar surface area (TPSA) is 96.0 Å². The summed E-state index contributed by atoms with van der Waals surface area (Å²) in [4.78, 5) is 29.3. The number of halogens is 1. The predicted molar refractivity (Wildman–Crippen MR) is 165 cm³/mol. The molecule has 0 aromatic heterocycles. The van der Waals surface area contributed by atoms with Gasteiger partial charge in [-0.15, -0.1) is 0 Å². The first-order chi connectivity index (χ1) is 20.2. The summed E-state index contributed by atoms with van der Waals surface area (Å²) >= 11 is 6.10. The van der Waals surface area contributed by atoms with Gasteiger partial charge < -0.3 is 15.0 Å². The van der Waals surface area contributed by atoms with E-state index in [9.17, 15) is 18.0 Å². The zero-order valence-corrected chi connectivity index (χ0v) is 25.6. The van der Waals surface area contributed by atoms with Crippen LogP contribution in [-0.4, -0.2) is 50.9 Å². The minimum atomic E-state index is -4.18. The lowest BCUT2D eigenvalue weighted by atomic mass is 9.95. The third-order valence-corrected chi connectivity index (χ3v) is 9.61. The van der Waals surface area contributed by atoms with Crippen LogP contribution < -0.4 is 14.4 Å². The third kappa shape index (κ3) is 7.83. The third-order valence-electron chi connectivity index (χ3n) is 7.57. The summed E-state index contributed by atoms with van der Waals surface area (Å²) in [5, 5.41) is 3.59. The lowest BCUT2D eigenvalue weighted by molar-refractivity contribution is -0.140. The smallest absolute Gasteiger partial charge is 0.264 e. The van der Waals surface area contributed by atoms with Crippen LogP contribution in [0.25, 0.3) is 0 Å². The average Bonchev–Trinajstić information content (AvgIpc) is 3.01. The fourth-order valence-electron chi connectivity index (χ4n) is 5.25. The van der Waals surface area contributed by atoms with E-state index < -0.39 is 28.5 Å². The maximum atomic E-state index is 14.2. The maximum absolute atomic E-state index is 14.2. The van der Waals surface area contributed by atoms with E-state index in [2.05, 4.69) is 5.32 Å². The minimum absolute atomic E-state index is 0.00254. The highest BCUT2D eigenvalue weighted by molar-refractivity contribution is 7.92. The van der Waals surface area contributed by atoms with E-state index in [4.69, 9.17) is 16.3 Å². The van der Waals surface area contributed by atoms with Gasteiger partial charge in [0.1, 0.15) is 18.3 Å². The Hall–Kier alpha value is -3.56. The molecular formula is C32H38ClN3O5S. The standard InChI is InChI=1S/C32H38ClN3O5S/c1-3-30(32(38)34-26-12-8-5-9-13-26)35(22-24-10-6-4-7-11-24)31(37)23-36(27-16-14-25(33)15-17-27)42(39,40)29-20-18-28(41-2)19-21-29/h4,6-7,10-11,14-21,26,30H,3,5,8-9,12-13,22-23H2,1-2H3,(H,34,38). The molecule has 8 nitrogen and oxygen atoms in total. The van der Waals surface area contributed by atoms with Crippen LogP contribution in [0.15, 0.2) is 83.8 Å². The molecule has 1 fully saturated rings. The first-order valence-electron chi connectivity index (χ1n) is 14.3. The number of carbonyl (C=O) groups excluding carboxylic acids is 2. The van der Waals surface area contributed by atoms with Crippen LogP contribution in [0.3, 0.4) is 0 Å². The molecule has 1 unspecified atom stereocenters. The zero-order chi connectivity index (χ0) is 30.1. The van der Waals surface area contributed by atoms with Crippen LogP contribution in [0, 0.1) is 0 Å². The van der Waals surface area contributed by atoms with Gasteiger partial charge in [-0.25, -0.2) is 8.42 Å². The summed E-state index contributed by atoms with van der Waals surface area (Å²) in [5.74, 6) is -0.201. The van der Waals surface area contributed by atoms with Crippen LogP contribution in [0.1, 0.15) is 51.0 Å². The molecule has 2 amide bonds. The van der Waals surface area contributed by atoms with E-state index in [-0.39, 0.29) is 29.1 Å². The molecular weight excluding hydrogens is 574 g/mol. The van der Waals surface area contributed by atoms with E-state index in [1.54, 1.807) is 36.4 Å². The normalized spacial score (nSPS) is 14.5. The van der Waals surface area contributed by atoms with Crippen molar-refractivity contribution in [3.8, 4) is 5.75 Å². The Bertz CT molecular complexity index is 1430. The molecule has 0 saturated heterocycles. The van der Waals surface area contributed by atoms with E-state index in [0.717, 1.165) is 42.0 Å². The van der Waals surface area contributed by atoms with Gasteiger partial charge >= 0.3 is 0 Å². The molecule has 0 heterocycles. The van der Waals surface area contributed by atoms with Gasteiger partial charge in [0.2, 0.25) is 11.8 Å². The Balaban J connectivity index is 1.68. The van der Waals surface area contributed by atoms with Crippen LogP contribution in [0.4, 0.5) is 5.69 Å². The fraction of sp³-hybridized carbons (Fsp3) is 0.375. The quantitative estimate of drug-likeness (QED) is 0.279. The number of benzene rings is 3. The SMILES string of the molecule is CCC(C(=O)NC1CCCCC1)N(Cc1ccccc1)C(=O)CN(c1ccc(Cl)cc1)S(=O)(=O)c1ccc(OC)cc1. The summed E-state index contributed by atoms with van der Waals surface area (Å²) in [6.45, 7) is 1.52. The molecule has 3 aromatic carbocycles. The Morgan fingerprint density at radius 3 is 2.19 bits per heavy atom. The van der Waals surface area contributed by atoms with Crippen molar-refractivity contribution in [3.05, 3.63) is 89.4 Å². The van der Waals surface area contributed by atoms with Gasteiger partial charge in [0, 0.05) is 17.6 Å². The van der Waals surface area contributed by atoms with Crippen LogP contribution in [0.2, 0.25) is 5.02 Å². The van der Waals surface area contributed by atoms with Gasteiger partial charge in [0.15, 0.2) is 0 Å². The molecule has 1 saturated carbocycles. The first kappa shape index (κ1) is 31.4. The van der Waals surface area contributed by atoms with Crippen LogP contribution in [0.5, 0.6) is 5.75 Å². The van der Waals surface area contributed by atoms with E-state index in [0.29, 0.717) is 17.2 Å². The van der Waals surface area contributed by atoms with Gasteiger partial charge in [0.25, 0.3) is 10.0 Å². The summed E-state index contributed by atoms with van der Waals surface area (Å²) in [6.07, 6.45) is 5.49. The molecule has 1 aliphatic carbocycles. The highest BCUT2D eigenvalue weighted by Gasteiger charge is 2.34. The number of ether oxygens (including phenoxy) is 1. The second-order valence-electron chi connectivity index (χ2n) is 10.4. The molecule has 4 rings (SSSR count). The number of rotatable bonds is 12. The van der Waals surface area contributed by atoms with E-state index in [1.807, 2.05) is 37.3 Å². The molecule has 1 N–H and O–H groups in total.